The van der Waals surface area contributed by atoms with Gasteiger partial charge >= 0.3 is 0 Å². The number of nitrogens with one attached hydrogen (secondary N) is 1. The van der Waals surface area contributed by atoms with E-state index in [9.17, 15) is 8.42 Å². The average Bonchev–Trinajstić information content (AvgIpc) is 2.63. The highest BCUT2D eigenvalue weighted by Gasteiger charge is 2.28. The van der Waals surface area contributed by atoms with E-state index in [4.69, 9.17) is 10.5 Å². The molecule has 1 aromatic rings. The van der Waals surface area contributed by atoms with Gasteiger partial charge in [-0.15, -0.1) is 0 Å². The first-order valence-electron chi connectivity index (χ1n) is 7.84. The highest BCUT2D eigenvalue weighted by Crippen LogP contribution is 2.26. The highest BCUT2D eigenvalue weighted by atomic mass is 32.2. The zero-order valence-electron chi connectivity index (χ0n) is 13.6. The van der Waals surface area contributed by atoms with Crippen LogP contribution in [-0.2, 0) is 10.0 Å². The lowest BCUT2D eigenvalue weighted by Gasteiger charge is -2.30. The number of benzene rings is 1. The molecule has 0 aliphatic heterocycles. The summed E-state index contributed by atoms with van der Waals surface area (Å²) in [6.07, 6.45) is 6.42. The Morgan fingerprint density at radius 3 is 2.29 bits per heavy atom. The minimum Gasteiger partial charge on any atom is -0.360 e. The van der Waals surface area contributed by atoms with E-state index in [1.807, 2.05) is 0 Å². The van der Waals surface area contributed by atoms with Crippen LogP contribution >= 0.6 is 0 Å². The Labute approximate surface area is 143 Å². The van der Waals surface area contributed by atoms with Gasteiger partial charge < -0.3 is 5.32 Å². The van der Waals surface area contributed by atoms with Crippen molar-refractivity contribution < 1.29 is 8.42 Å². The van der Waals surface area contributed by atoms with Crippen LogP contribution in [0.2, 0.25) is 0 Å². The quantitative estimate of drug-likeness (QED) is 0.828. The molecule has 1 saturated carbocycles. The van der Waals surface area contributed by atoms with Crippen molar-refractivity contribution in [1.82, 2.24) is 4.31 Å². The SMILES string of the molecule is CN(C1CCCCC1)S(=O)(=O)c1ccc(NC=C(C#N)C#N)cc1. The molecule has 2 rings (SSSR count). The van der Waals surface area contributed by atoms with E-state index in [1.165, 1.54) is 29.1 Å². The summed E-state index contributed by atoms with van der Waals surface area (Å²) in [7, 11) is -1.87. The number of nitrogens with zero attached hydrogens (tertiary/aromatic N) is 3. The molecule has 126 valence electrons. The van der Waals surface area contributed by atoms with Crippen LogP contribution in [0.5, 0.6) is 0 Å². The first-order valence-corrected chi connectivity index (χ1v) is 9.28. The molecule has 1 N–H and O–H groups in total. The van der Waals surface area contributed by atoms with E-state index in [-0.39, 0.29) is 16.5 Å². The fourth-order valence-electron chi connectivity index (χ4n) is 2.78. The Hall–Kier alpha value is -2.35. The van der Waals surface area contributed by atoms with E-state index >= 15 is 0 Å². The standard InChI is InChI=1S/C17H20N4O2S/c1-21(16-5-3-2-4-6-16)24(22,23)17-9-7-15(8-10-17)20-13-14(11-18)12-19/h7-10,13,16,20H,2-6H2,1H3. The summed E-state index contributed by atoms with van der Waals surface area (Å²) in [6.45, 7) is 0. The Balaban J connectivity index is 2.13. The number of rotatable bonds is 5. The zero-order chi connectivity index (χ0) is 17.6. The van der Waals surface area contributed by atoms with Crippen LogP contribution in [0.1, 0.15) is 32.1 Å². The Morgan fingerprint density at radius 2 is 1.75 bits per heavy atom. The van der Waals surface area contributed by atoms with Crippen molar-refractivity contribution >= 4 is 15.7 Å². The number of nitriles is 2. The van der Waals surface area contributed by atoms with E-state index in [0.29, 0.717) is 5.69 Å². The fraction of sp³-hybridized carbons (Fsp3) is 0.412. The molecule has 7 heteroatoms. The first kappa shape index (κ1) is 18.0. The average molecular weight is 344 g/mol. The van der Waals surface area contributed by atoms with E-state index in [1.54, 1.807) is 31.3 Å². The molecule has 0 aromatic heterocycles. The zero-order valence-corrected chi connectivity index (χ0v) is 14.4. The van der Waals surface area contributed by atoms with Crippen molar-refractivity contribution in [2.45, 2.75) is 43.0 Å². The summed E-state index contributed by atoms with van der Waals surface area (Å²) in [4.78, 5) is 0.242. The second-order valence-electron chi connectivity index (χ2n) is 5.76. The van der Waals surface area contributed by atoms with Crippen LogP contribution in [0.3, 0.4) is 0 Å². The molecule has 0 amide bonds. The molecule has 0 unspecified atom stereocenters. The second-order valence-corrected chi connectivity index (χ2v) is 7.76. The van der Waals surface area contributed by atoms with Gasteiger partial charge in [0, 0.05) is 25.0 Å². The maximum absolute atomic E-state index is 12.7. The second kappa shape index (κ2) is 7.96. The maximum atomic E-state index is 12.7. The van der Waals surface area contributed by atoms with E-state index in [0.717, 1.165) is 25.7 Å². The minimum atomic E-state index is -3.51. The molecule has 24 heavy (non-hydrogen) atoms. The fourth-order valence-corrected chi connectivity index (χ4v) is 4.19. The normalized spacial score (nSPS) is 15.3. The molecule has 6 nitrogen and oxygen atoms in total. The third-order valence-corrected chi connectivity index (χ3v) is 6.17. The molecule has 0 spiro atoms. The molecule has 0 bridgehead atoms. The molecule has 1 aromatic carbocycles. The minimum absolute atomic E-state index is 0.0521. The summed E-state index contributed by atoms with van der Waals surface area (Å²) >= 11 is 0. The summed E-state index contributed by atoms with van der Waals surface area (Å²) in [5.74, 6) is 0. The van der Waals surface area contributed by atoms with Gasteiger partial charge in [0.25, 0.3) is 0 Å². The summed E-state index contributed by atoms with van der Waals surface area (Å²) < 4.78 is 26.9. The number of hydrogen-bond donors (Lipinski definition) is 1. The Bertz CT molecular complexity index is 763. The third kappa shape index (κ3) is 4.14. The molecular formula is C17H20N4O2S. The topological polar surface area (TPSA) is 97.0 Å². The number of hydrogen-bond acceptors (Lipinski definition) is 5. The first-order chi connectivity index (χ1) is 11.5. The van der Waals surface area contributed by atoms with Crippen molar-refractivity contribution in [2.24, 2.45) is 0 Å². The summed E-state index contributed by atoms with van der Waals surface area (Å²) in [5, 5.41) is 20.2. The van der Waals surface area contributed by atoms with Gasteiger partial charge in [0.2, 0.25) is 10.0 Å². The van der Waals surface area contributed by atoms with Crippen molar-refractivity contribution in [1.29, 1.82) is 10.5 Å². The van der Waals surface area contributed by atoms with Gasteiger partial charge in [-0.3, -0.25) is 0 Å². The maximum Gasteiger partial charge on any atom is 0.243 e. The number of anilines is 1. The molecular weight excluding hydrogens is 324 g/mol. The Morgan fingerprint density at radius 1 is 1.17 bits per heavy atom. The number of sulfonamides is 1. The molecule has 1 aliphatic carbocycles. The van der Waals surface area contributed by atoms with Crippen molar-refractivity contribution in [3.63, 3.8) is 0 Å². The molecule has 0 saturated heterocycles. The van der Waals surface area contributed by atoms with Crippen LogP contribution in [-0.4, -0.2) is 25.8 Å². The predicted molar refractivity (Wildman–Crippen MR) is 91.2 cm³/mol. The highest BCUT2D eigenvalue weighted by molar-refractivity contribution is 7.89. The van der Waals surface area contributed by atoms with E-state index in [2.05, 4.69) is 5.32 Å². The molecule has 1 aliphatic rings. The van der Waals surface area contributed by atoms with Crippen molar-refractivity contribution in [2.75, 3.05) is 12.4 Å². The van der Waals surface area contributed by atoms with Gasteiger partial charge in [-0.2, -0.15) is 14.8 Å². The van der Waals surface area contributed by atoms with Crippen molar-refractivity contribution in [3.05, 3.63) is 36.0 Å². The van der Waals surface area contributed by atoms with Gasteiger partial charge in [0.05, 0.1) is 4.90 Å². The van der Waals surface area contributed by atoms with Gasteiger partial charge in [0.15, 0.2) is 0 Å². The lowest BCUT2D eigenvalue weighted by molar-refractivity contribution is 0.286. The smallest absolute Gasteiger partial charge is 0.243 e. The lowest BCUT2D eigenvalue weighted by Crippen LogP contribution is -2.38. The summed E-state index contributed by atoms with van der Waals surface area (Å²) in [5.41, 5.74) is 0.556. The van der Waals surface area contributed by atoms with Gasteiger partial charge in [-0.25, -0.2) is 8.42 Å². The summed E-state index contributed by atoms with van der Waals surface area (Å²) in [6, 6.07) is 9.85. The molecule has 0 heterocycles. The largest absolute Gasteiger partial charge is 0.360 e. The third-order valence-electron chi connectivity index (χ3n) is 4.24. The van der Waals surface area contributed by atoms with Gasteiger partial charge in [0.1, 0.15) is 17.7 Å². The van der Waals surface area contributed by atoms with Crippen LogP contribution < -0.4 is 5.32 Å². The van der Waals surface area contributed by atoms with E-state index < -0.39 is 10.0 Å². The van der Waals surface area contributed by atoms with Crippen LogP contribution in [0.25, 0.3) is 0 Å². The molecule has 0 radical (unpaired) electrons. The van der Waals surface area contributed by atoms with Gasteiger partial charge in [-0.1, -0.05) is 19.3 Å². The van der Waals surface area contributed by atoms with Crippen LogP contribution in [0.4, 0.5) is 5.69 Å². The van der Waals surface area contributed by atoms with Crippen LogP contribution in [0, 0.1) is 22.7 Å². The predicted octanol–water partition coefficient (Wildman–Crippen LogP) is 2.98. The van der Waals surface area contributed by atoms with Crippen LogP contribution in [0.15, 0.2) is 40.9 Å². The Kier molecular flexibility index (Phi) is 5.97. The molecule has 0 atom stereocenters. The van der Waals surface area contributed by atoms with Gasteiger partial charge in [-0.05, 0) is 37.1 Å². The molecule has 1 fully saturated rings. The monoisotopic (exact) mass is 344 g/mol. The van der Waals surface area contributed by atoms with Crippen molar-refractivity contribution in [3.8, 4) is 12.1 Å². The lowest BCUT2D eigenvalue weighted by atomic mass is 9.96. The number of allylic oxidation sites excluding steroid dienone is 1.